The Bertz CT molecular complexity index is 706. The number of pyridine rings is 1. The van der Waals surface area contributed by atoms with Gasteiger partial charge in [-0.25, -0.2) is 9.37 Å². The van der Waals surface area contributed by atoms with Crippen LogP contribution >= 0.6 is 0 Å². The van der Waals surface area contributed by atoms with Crippen molar-refractivity contribution in [2.75, 3.05) is 5.32 Å². The monoisotopic (exact) mass is 291 g/mol. The summed E-state index contributed by atoms with van der Waals surface area (Å²) in [5, 5.41) is 22.3. The van der Waals surface area contributed by atoms with E-state index in [1.165, 1.54) is 18.2 Å². The first-order valence-electron chi connectivity index (χ1n) is 5.84. The van der Waals surface area contributed by atoms with Gasteiger partial charge in [0.1, 0.15) is 12.0 Å². The van der Waals surface area contributed by atoms with E-state index in [9.17, 15) is 24.4 Å². The number of amides is 1. The first kappa shape index (κ1) is 14.4. The lowest BCUT2D eigenvalue weighted by atomic mass is 10.1. The zero-order chi connectivity index (χ0) is 15.4. The van der Waals surface area contributed by atoms with Gasteiger partial charge >= 0.3 is 0 Å². The number of nitro groups is 1. The summed E-state index contributed by atoms with van der Waals surface area (Å²) < 4.78 is 13.4. The van der Waals surface area contributed by atoms with Crippen molar-refractivity contribution in [2.24, 2.45) is 0 Å². The van der Waals surface area contributed by atoms with Crippen LogP contribution in [0, 0.1) is 15.9 Å². The molecule has 0 aliphatic rings. The first-order valence-corrected chi connectivity index (χ1v) is 5.84. The van der Waals surface area contributed by atoms with Gasteiger partial charge in [0.25, 0.3) is 5.69 Å². The third kappa shape index (κ3) is 3.50. The minimum Gasteiger partial charge on any atom is -0.504 e. The van der Waals surface area contributed by atoms with Crippen molar-refractivity contribution >= 4 is 17.4 Å². The molecular weight excluding hydrogens is 281 g/mol. The maximum absolute atomic E-state index is 13.4. The van der Waals surface area contributed by atoms with Gasteiger partial charge in [-0.3, -0.25) is 14.9 Å². The van der Waals surface area contributed by atoms with Crippen molar-refractivity contribution in [3.8, 4) is 5.75 Å². The van der Waals surface area contributed by atoms with Crippen LogP contribution in [0.3, 0.4) is 0 Å². The molecule has 8 heteroatoms. The van der Waals surface area contributed by atoms with Gasteiger partial charge in [-0.15, -0.1) is 0 Å². The summed E-state index contributed by atoms with van der Waals surface area (Å²) in [5.74, 6) is -1.88. The van der Waals surface area contributed by atoms with Crippen LogP contribution in [0.4, 0.5) is 15.9 Å². The van der Waals surface area contributed by atoms with Gasteiger partial charge in [0.15, 0.2) is 11.6 Å². The van der Waals surface area contributed by atoms with E-state index in [2.05, 4.69) is 10.3 Å². The Morgan fingerprint density at radius 1 is 1.43 bits per heavy atom. The zero-order valence-corrected chi connectivity index (χ0v) is 10.6. The molecule has 0 spiro atoms. The van der Waals surface area contributed by atoms with Gasteiger partial charge in [-0.05, 0) is 11.6 Å². The van der Waals surface area contributed by atoms with Gasteiger partial charge in [0.05, 0.1) is 17.4 Å². The third-order valence-corrected chi connectivity index (χ3v) is 2.63. The molecule has 0 unspecified atom stereocenters. The standard InChI is InChI=1S/C13H10FN3O4/c14-10-4-2-1-3-8(10)5-12(19)16-13-11(18)6-9(7-15-13)17(20)21/h1-4,6-7,18H,5H2,(H,15,16,19). The van der Waals surface area contributed by atoms with Gasteiger partial charge < -0.3 is 10.4 Å². The largest absolute Gasteiger partial charge is 0.504 e. The summed E-state index contributed by atoms with van der Waals surface area (Å²) in [6.45, 7) is 0. The average Bonchev–Trinajstić information content (AvgIpc) is 2.43. The number of hydrogen-bond donors (Lipinski definition) is 2. The predicted octanol–water partition coefficient (Wildman–Crippen LogP) is 2.02. The SMILES string of the molecule is O=C(Cc1ccccc1F)Nc1ncc([N+](=O)[O-])cc1O. The van der Waals surface area contributed by atoms with E-state index in [0.29, 0.717) is 0 Å². The second-order valence-electron chi connectivity index (χ2n) is 4.13. The van der Waals surface area contributed by atoms with Crippen LogP contribution in [0.1, 0.15) is 5.56 Å². The third-order valence-electron chi connectivity index (χ3n) is 2.63. The Morgan fingerprint density at radius 2 is 2.14 bits per heavy atom. The second-order valence-corrected chi connectivity index (χ2v) is 4.13. The molecular formula is C13H10FN3O4. The van der Waals surface area contributed by atoms with E-state index in [0.717, 1.165) is 12.3 Å². The highest BCUT2D eigenvalue weighted by Crippen LogP contribution is 2.25. The lowest BCUT2D eigenvalue weighted by molar-refractivity contribution is -0.385. The van der Waals surface area contributed by atoms with E-state index in [4.69, 9.17) is 0 Å². The second kappa shape index (κ2) is 5.95. The van der Waals surface area contributed by atoms with Crippen molar-refractivity contribution in [3.05, 3.63) is 58.0 Å². The number of aromatic nitrogens is 1. The first-order chi connectivity index (χ1) is 9.97. The number of rotatable bonds is 4. The molecule has 1 aromatic carbocycles. The Hall–Kier alpha value is -3.03. The van der Waals surface area contributed by atoms with Crippen LogP contribution in [0.25, 0.3) is 0 Å². The van der Waals surface area contributed by atoms with Crippen molar-refractivity contribution in [1.29, 1.82) is 0 Å². The summed E-state index contributed by atoms with van der Waals surface area (Å²) in [7, 11) is 0. The van der Waals surface area contributed by atoms with E-state index >= 15 is 0 Å². The number of aromatic hydroxyl groups is 1. The van der Waals surface area contributed by atoms with Crippen LogP contribution in [0.15, 0.2) is 36.5 Å². The molecule has 108 valence electrons. The average molecular weight is 291 g/mol. The molecule has 2 rings (SSSR count). The molecule has 1 heterocycles. The molecule has 0 atom stereocenters. The summed E-state index contributed by atoms with van der Waals surface area (Å²) in [6, 6.07) is 6.64. The summed E-state index contributed by atoms with van der Waals surface area (Å²) >= 11 is 0. The Labute approximate surface area is 118 Å². The maximum Gasteiger partial charge on any atom is 0.291 e. The van der Waals surface area contributed by atoms with Crippen molar-refractivity contribution in [3.63, 3.8) is 0 Å². The van der Waals surface area contributed by atoms with Crippen molar-refractivity contribution < 1.29 is 19.2 Å². The molecule has 21 heavy (non-hydrogen) atoms. The number of carbonyl (C=O) groups excluding carboxylic acids is 1. The topological polar surface area (TPSA) is 105 Å². The van der Waals surface area contributed by atoms with Gasteiger partial charge in [0.2, 0.25) is 5.91 Å². The van der Waals surface area contributed by atoms with E-state index < -0.39 is 28.1 Å². The molecule has 1 aromatic heterocycles. The fourth-order valence-electron chi connectivity index (χ4n) is 1.63. The smallest absolute Gasteiger partial charge is 0.291 e. The number of halogens is 1. The van der Waals surface area contributed by atoms with E-state index in [1.807, 2.05) is 0 Å². The highest BCUT2D eigenvalue weighted by atomic mass is 19.1. The Balaban J connectivity index is 2.10. The molecule has 7 nitrogen and oxygen atoms in total. The normalized spacial score (nSPS) is 10.1. The van der Waals surface area contributed by atoms with Gasteiger partial charge in [-0.2, -0.15) is 0 Å². The maximum atomic E-state index is 13.4. The lowest BCUT2D eigenvalue weighted by Crippen LogP contribution is -2.16. The fraction of sp³-hybridized carbons (Fsp3) is 0.0769. The van der Waals surface area contributed by atoms with Crippen LogP contribution in [-0.4, -0.2) is 20.9 Å². The molecule has 0 radical (unpaired) electrons. The quantitative estimate of drug-likeness (QED) is 0.662. The van der Waals surface area contributed by atoms with Crippen LogP contribution in [-0.2, 0) is 11.2 Å². The highest BCUT2D eigenvalue weighted by Gasteiger charge is 2.14. The molecule has 0 aliphatic heterocycles. The van der Waals surface area contributed by atoms with Crippen molar-refractivity contribution in [2.45, 2.75) is 6.42 Å². The number of nitrogens with one attached hydrogen (secondary N) is 1. The fourth-order valence-corrected chi connectivity index (χ4v) is 1.63. The molecule has 1 amide bonds. The Kier molecular flexibility index (Phi) is 4.07. The lowest BCUT2D eigenvalue weighted by Gasteiger charge is -2.06. The van der Waals surface area contributed by atoms with Crippen molar-refractivity contribution in [1.82, 2.24) is 4.98 Å². The zero-order valence-electron chi connectivity index (χ0n) is 10.6. The number of benzene rings is 1. The van der Waals surface area contributed by atoms with Crippen LogP contribution in [0.2, 0.25) is 0 Å². The molecule has 0 fully saturated rings. The molecule has 0 aliphatic carbocycles. The number of carbonyl (C=O) groups is 1. The minimum atomic E-state index is -0.725. The predicted molar refractivity (Wildman–Crippen MR) is 71.3 cm³/mol. The molecule has 2 N–H and O–H groups in total. The number of hydrogen-bond acceptors (Lipinski definition) is 5. The van der Waals surface area contributed by atoms with Gasteiger partial charge in [-0.1, -0.05) is 18.2 Å². The number of anilines is 1. The molecule has 0 saturated carbocycles. The molecule has 0 saturated heterocycles. The highest BCUT2D eigenvalue weighted by molar-refractivity contribution is 5.92. The minimum absolute atomic E-state index is 0.191. The van der Waals surface area contributed by atoms with Crippen LogP contribution < -0.4 is 5.32 Å². The summed E-state index contributed by atoms with van der Waals surface area (Å²) in [6.07, 6.45) is 0.656. The van der Waals surface area contributed by atoms with Crippen LogP contribution in [0.5, 0.6) is 5.75 Å². The molecule has 0 bridgehead atoms. The molecule has 2 aromatic rings. The van der Waals surface area contributed by atoms with E-state index in [-0.39, 0.29) is 17.8 Å². The van der Waals surface area contributed by atoms with Gasteiger partial charge in [0, 0.05) is 0 Å². The number of nitrogens with zero attached hydrogens (tertiary/aromatic N) is 2. The Morgan fingerprint density at radius 3 is 2.76 bits per heavy atom. The summed E-state index contributed by atoms with van der Waals surface area (Å²) in [5.41, 5.74) is -0.212. The summed E-state index contributed by atoms with van der Waals surface area (Å²) in [4.78, 5) is 25.1. The van der Waals surface area contributed by atoms with E-state index in [1.54, 1.807) is 6.07 Å².